The smallest absolute Gasteiger partial charge is 0.0719 e. The molecule has 1 aromatic heterocycles. The van der Waals surface area contributed by atoms with Crippen molar-refractivity contribution in [1.29, 1.82) is 0 Å². The highest BCUT2D eigenvalue weighted by molar-refractivity contribution is 5.30. The molecule has 0 aliphatic carbocycles. The van der Waals surface area contributed by atoms with E-state index in [1.54, 1.807) is 6.20 Å². The number of aromatic nitrogens is 2. The summed E-state index contributed by atoms with van der Waals surface area (Å²) in [4.78, 5) is 0. The number of nitrogen functional groups attached to an aromatic ring is 1. The largest absolute Gasteiger partial charge is 0.396 e. The summed E-state index contributed by atoms with van der Waals surface area (Å²) in [7, 11) is 0. The molecular formula is C7H12N4. The molecule has 1 aliphatic rings. The number of hydrogen-bond donors (Lipinski definition) is 2. The molecule has 2 heterocycles. The first kappa shape index (κ1) is 6.67. The molecule has 4 heteroatoms. The molecule has 1 saturated heterocycles. The Labute approximate surface area is 65.4 Å². The van der Waals surface area contributed by atoms with Crippen LogP contribution in [0.25, 0.3) is 0 Å². The summed E-state index contributed by atoms with van der Waals surface area (Å²) in [5, 5.41) is 7.43. The molecule has 0 saturated carbocycles. The van der Waals surface area contributed by atoms with Gasteiger partial charge in [0.05, 0.1) is 17.9 Å². The van der Waals surface area contributed by atoms with Crippen molar-refractivity contribution in [2.75, 3.05) is 18.8 Å². The van der Waals surface area contributed by atoms with Crippen LogP contribution < -0.4 is 11.1 Å². The molecule has 0 spiro atoms. The molecule has 0 amide bonds. The van der Waals surface area contributed by atoms with Gasteiger partial charge in [-0.2, -0.15) is 5.10 Å². The lowest BCUT2D eigenvalue weighted by Gasteiger charge is -2.07. The second-order valence-electron chi connectivity index (χ2n) is 2.90. The minimum Gasteiger partial charge on any atom is -0.396 e. The lowest BCUT2D eigenvalue weighted by atomic mass is 10.3. The highest BCUT2D eigenvalue weighted by atomic mass is 15.3. The zero-order valence-electron chi connectivity index (χ0n) is 6.33. The van der Waals surface area contributed by atoms with Gasteiger partial charge in [-0.25, -0.2) is 0 Å². The lowest BCUT2D eigenvalue weighted by Crippen LogP contribution is -2.13. The fourth-order valence-electron chi connectivity index (χ4n) is 1.42. The standard InChI is InChI=1S/C7H12N4/c8-6-3-10-11(5-6)7-1-2-9-4-7/h3,5,7,9H,1-2,4,8H2. The van der Waals surface area contributed by atoms with Gasteiger partial charge in [0.15, 0.2) is 0 Å². The van der Waals surface area contributed by atoms with Crippen LogP contribution in [0.5, 0.6) is 0 Å². The molecule has 1 fully saturated rings. The molecule has 4 nitrogen and oxygen atoms in total. The number of nitrogens with one attached hydrogen (secondary N) is 1. The Bertz CT molecular complexity index is 236. The van der Waals surface area contributed by atoms with Crippen molar-refractivity contribution in [3.63, 3.8) is 0 Å². The Balaban J connectivity index is 2.15. The van der Waals surface area contributed by atoms with E-state index in [0.29, 0.717) is 6.04 Å². The lowest BCUT2D eigenvalue weighted by molar-refractivity contribution is 0.491. The van der Waals surface area contributed by atoms with Crippen LogP contribution in [-0.2, 0) is 0 Å². The first-order valence-corrected chi connectivity index (χ1v) is 3.86. The van der Waals surface area contributed by atoms with Crippen LogP contribution in [0.15, 0.2) is 12.4 Å². The van der Waals surface area contributed by atoms with Gasteiger partial charge in [0, 0.05) is 12.7 Å². The van der Waals surface area contributed by atoms with Crippen LogP contribution in [0, 0.1) is 0 Å². The van der Waals surface area contributed by atoms with E-state index >= 15 is 0 Å². The van der Waals surface area contributed by atoms with Crippen molar-refractivity contribution in [1.82, 2.24) is 15.1 Å². The number of rotatable bonds is 1. The normalized spacial score (nSPS) is 24.2. The molecule has 1 aliphatic heterocycles. The molecule has 2 rings (SSSR count). The number of nitrogens with zero attached hydrogens (tertiary/aromatic N) is 2. The van der Waals surface area contributed by atoms with Crippen molar-refractivity contribution in [2.24, 2.45) is 0 Å². The van der Waals surface area contributed by atoms with E-state index in [-0.39, 0.29) is 0 Å². The summed E-state index contributed by atoms with van der Waals surface area (Å²) in [6, 6.07) is 0.507. The SMILES string of the molecule is Nc1cnn(C2CCNC2)c1. The average Bonchev–Trinajstić information content (AvgIpc) is 2.55. The van der Waals surface area contributed by atoms with Crippen molar-refractivity contribution >= 4 is 5.69 Å². The summed E-state index contributed by atoms with van der Waals surface area (Å²) in [5.74, 6) is 0. The molecular weight excluding hydrogens is 140 g/mol. The average molecular weight is 152 g/mol. The molecule has 11 heavy (non-hydrogen) atoms. The van der Waals surface area contributed by atoms with Crippen LogP contribution >= 0.6 is 0 Å². The van der Waals surface area contributed by atoms with Crippen molar-refractivity contribution < 1.29 is 0 Å². The van der Waals surface area contributed by atoms with Crippen LogP contribution in [0.3, 0.4) is 0 Å². The van der Waals surface area contributed by atoms with Crippen molar-refractivity contribution in [3.8, 4) is 0 Å². The van der Waals surface area contributed by atoms with Gasteiger partial charge in [0.2, 0.25) is 0 Å². The van der Waals surface area contributed by atoms with Gasteiger partial charge in [0.25, 0.3) is 0 Å². The van der Waals surface area contributed by atoms with E-state index in [2.05, 4.69) is 10.4 Å². The van der Waals surface area contributed by atoms with E-state index < -0.39 is 0 Å². The monoisotopic (exact) mass is 152 g/mol. The molecule has 0 bridgehead atoms. The highest BCUT2D eigenvalue weighted by Crippen LogP contribution is 2.14. The van der Waals surface area contributed by atoms with Gasteiger partial charge in [-0.3, -0.25) is 4.68 Å². The minimum absolute atomic E-state index is 0.507. The fraction of sp³-hybridized carbons (Fsp3) is 0.571. The fourth-order valence-corrected chi connectivity index (χ4v) is 1.42. The molecule has 3 N–H and O–H groups in total. The Morgan fingerprint density at radius 2 is 2.64 bits per heavy atom. The molecule has 1 atom stereocenters. The van der Waals surface area contributed by atoms with E-state index in [0.717, 1.165) is 25.2 Å². The van der Waals surface area contributed by atoms with Crippen molar-refractivity contribution in [2.45, 2.75) is 12.5 Å². The minimum atomic E-state index is 0.507. The third kappa shape index (κ3) is 1.21. The van der Waals surface area contributed by atoms with E-state index in [1.807, 2.05) is 10.9 Å². The molecule has 0 aromatic carbocycles. The van der Waals surface area contributed by atoms with Gasteiger partial charge >= 0.3 is 0 Å². The summed E-state index contributed by atoms with van der Waals surface area (Å²) < 4.78 is 1.94. The Hall–Kier alpha value is -1.03. The maximum absolute atomic E-state index is 5.54. The van der Waals surface area contributed by atoms with Gasteiger partial charge in [0.1, 0.15) is 0 Å². The van der Waals surface area contributed by atoms with Gasteiger partial charge in [-0.1, -0.05) is 0 Å². The van der Waals surface area contributed by atoms with E-state index in [9.17, 15) is 0 Å². The first-order chi connectivity index (χ1) is 5.36. The number of nitrogens with two attached hydrogens (primary N) is 1. The predicted octanol–water partition coefficient (Wildman–Crippen LogP) is -0.000300. The highest BCUT2D eigenvalue weighted by Gasteiger charge is 2.16. The zero-order chi connectivity index (χ0) is 7.68. The Morgan fingerprint density at radius 1 is 1.73 bits per heavy atom. The van der Waals surface area contributed by atoms with E-state index in [4.69, 9.17) is 5.73 Å². The summed E-state index contributed by atoms with van der Waals surface area (Å²) in [5.41, 5.74) is 6.29. The molecule has 60 valence electrons. The van der Waals surface area contributed by atoms with Crippen LogP contribution in [0.2, 0.25) is 0 Å². The van der Waals surface area contributed by atoms with Gasteiger partial charge in [-0.05, 0) is 13.0 Å². The zero-order valence-corrected chi connectivity index (χ0v) is 6.33. The maximum Gasteiger partial charge on any atom is 0.0719 e. The second kappa shape index (κ2) is 2.54. The summed E-state index contributed by atoms with van der Waals surface area (Å²) >= 11 is 0. The summed E-state index contributed by atoms with van der Waals surface area (Å²) in [6.45, 7) is 2.10. The van der Waals surface area contributed by atoms with Crippen molar-refractivity contribution in [3.05, 3.63) is 12.4 Å². The van der Waals surface area contributed by atoms with Crippen LogP contribution in [-0.4, -0.2) is 22.9 Å². The number of anilines is 1. The molecule has 0 radical (unpaired) electrons. The maximum atomic E-state index is 5.54. The number of hydrogen-bond acceptors (Lipinski definition) is 3. The molecule has 1 unspecified atom stereocenters. The van der Waals surface area contributed by atoms with Crippen LogP contribution in [0.1, 0.15) is 12.5 Å². The summed E-state index contributed by atoms with van der Waals surface area (Å²) in [6.07, 6.45) is 4.73. The Kier molecular flexibility index (Phi) is 1.54. The molecule has 1 aromatic rings. The first-order valence-electron chi connectivity index (χ1n) is 3.86. The van der Waals surface area contributed by atoms with Gasteiger partial charge in [-0.15, -0.1) is 0 Å². The van der Waals surface area contributed by atoms with Crippen LogP contribution in [0.4, 0.5) is 5.69 Å². The third-order valence-electron chi connectivity index (χ3n) is 2.03. The second-order valence-corrected chi connectivity index (χ2v) is 2.90. The quantitative estimate of drug-likeness (QED) is 0.595. The third-order valence-corrected chi connectivity index (χ3v) is 2.03. The topological polar surface area (TPSA) is 55.9 Å². The van der Waals surface area contributed by atoms with E-state index in [1.165, 1.54) is 0 Å². The van der Waals surface area contributed by atoms with Gasteiger partial charge < -0.3 is 11.1 Å². The predicted molar refractivity (Wildman–Crippen MR) is 43.2 cm³/mol. The Morgan fingerprint density at radius 3 is 3.18 bits per heavy atom.